The molecule has 4 rings (SSSR count). The average molecular weight is 338 g/mol. The second kappa shape index (κ2) is 6.75. The van der Waals surface area contributed by atoms with Crippen LogP contribution < -0.4 is 10.2 Å². The number of Topliss-reactive ketones (excluding diaryl/α,β-unsaturated/α-hetero) is 1. The van der Waals surface area contributed by atoms with E-state index in [9.17, 15) is 9.59 Å². The minimum Gasteiger partial charge on any atom is -0.455 e. The predicted octanol–water partition coefficient (Wildman–Crippen LogP) is 4.04. The lowest BCUT2D eigenvalue weighted by Crippen LogP contribution is -2.29. The molecule has 0 saturated carbocycles. The van der Waals surface area contributed by atoms with E-state index in [1.807, 2.05) is 24.3 Å². The summed E-state index contributed by atoms with van der Waals surface area (Å²) in [6, 6.07) is 9.48. The minimum absolute atomic E-state index is 0.0648. The maximum atomic E-state index is 12.4. The second-order valence-electron chi connectivity index (χ2n) is 6.77. The highest BCUT2D eigenvalue weighted by Crippen LogP contribution is 2.26. The van der Waals surface area contributed by atoms with Crippen LogP contribution in [0.3, 0.4) is 0 Å². The van der Waals surface area contributed by atoms with E-state index in [1.54, 1.807) is 6.07 Å². The van der Waals surface area contributed by atoms with Crippen molar-refractivity contribution < 1.29 is 14.0 Å². The van der Waals surface area contributed by atoms with Crippen LogP contribution in [0.4, 0.5) is 11.4 Å². The van der Waals surface area contributed by atoms with Gasteiger partial charge in [0.1, 0.15) is 5.76 Å². The van der Waals surface area contributed by atoms with Gasteiger partial charge in [-0.15, -0.1) is 0 Å². The third kappa shape index (κ3) is 3.31. The number of furan rings is 1. The summed E-state index contributed by atoms with van der Waals surface area (Å²) in [5.74, 6) is 0.602. The molecule has 5 heteroatoms. The van der Waals surface area contributed by atoms with Gasteiger partial charge < -0.3 is 14.6 Å². The van der Waals surface area contributed by atoms with Gasteiger partial charge in [0.2, 0.25) is 0 Å². The summed E-state index contributed by atoms with van der Waals surface area (Å²) in [6.45, 7) is 2.19. The van der Waals surface area contributed by atoms with E-state index in [0.717, 1.165) is 31.6 Å². The standard InChI is InChI=1S/C20H22N2O3/c23-17-5-4-6-18-16(17)13-19(25-18)20(24)21-14-7-9-15(10-8-14)22-11-2-1-3-12-22/h7-10,13H,1-6,11-12H2,(H,21,24). The van der Waals surface area contributed by atoms with Crippen molar-refractivity contribution in [3.05, 3.63) is 47.4 Å². The number of benzene rings is 1. The summed E-state index contributed by atoms with van der Waals surface area (Å²) < 4.78 is 5.59. The third-order valence-corrected chi connectivity index (χ3v) is 4.99. The Morgan fingerprint density at radius 1 is 1.00 bits per heavy atom. The number of anilines is 2. The molecular weight excluding hydrogens is 316 g/mol. The van der Waals surface area contributed by atoms with Gasteiger partial charge in [-0.3, -0.25) is 9.59 Å². The number of ketones is 1. The molecule has 5 nitrogen and oxygen atoms in total. The zero-order chi connectivity index (χ0) is 17.2. The van der Waals surface area contributed by atoms with Gasteiger partial charge in [-0.05, 0) is 49.9 Å². The van der Waals surface area contributed by atoms with Crippen molar-refractivity contribution in [1.82, 2.24) is 0 Å². The summed E-state index contributed by atoms with van der Waals surface area (Å²) >= 11 is 0. The predicted molar refractivity (Wildman–Crippen MR) is 96.4 cm³/mol. The highest BCUT2D eigenvalue weighted by Gasteiger charge is 2.24. The second-order valence-corrected chi connectivity index (χ2v) is 6.77. The normalized spacial score (nSPS) is 17.3. The molecular formula is C20H22N2O3. The number of aryl methyl sites for hydroxylation is 1. The highest BCUT2D eigenvalue weighted by molar-refractivity contribution is 6.05. The Balaban J connectivity index is 1.45. The molecule has 1 N–H and O–H groups in total. The van der Waals surface area contributed by atoms with E-state index in [2.05, 4.69) is 10.2 Å². The number of nitrogens with one attached hydrogen (secondary N) is 1. The van der Waals surface area contributed by atoms with Gasteiger partial charge in [0.05, 0.1) is 5.56 Å². The number of hydrogen-bond donors (Lipinski definition) is 1. The van der Waals surface area contributed by atoms with Crippen LogP contribution in [-0.4, -0.2) is 24.8 Å². The average Bonchev–Trinajstić information content (AvgIpc) is 3.09. The van der Waals surface area contributed by atoms with Gasteiger partial charge in [0, 0.05) is 43.4 Å². The monoisotopic (exact) mass is 338 g/mol. The molecule has 0 radical (unpaired) electrons. The lowest BCUT2D eigenvalue weighted by Gasteiger charge is -2.28. The Labute approximate surface area is 147 Å². The van der Waals surface area contributed by atoms with E-state index in [0.29, 0.717) is 17.7 Å². The minimum atomic E-state index is -0.312. The molecule has 0 bridgehead atoms. The van der Waals surface area contributed by atoms with Crippen molar-refractivity contribution in [3.63, 3.8) is 0 Å². The molecule has 2 heterocycles. The number of rotatable bonds is 3. The number of amides is 1. The molecule has 0 atom stereocenters. The van der Waals surface area contributed by atoms with Crippen LogP contribution in [0.1, 0.15) is 58.8 Å². The lowest BCUT2D eigenvalue weighted by molar-refractivity contribution is 0.0963. The van der Waals surface area contributed by atoms with Crippen molar-refractivity contribution in [3.8, 4) is 0 Å². The number of carbonyl (C=O) groups excluding carboxylic acids is 2. The summed E-state index contributed by atoms with van der Waals surface area (Å²) in [5, 5.41) is 2.85. The molecule has 1 aliphatic carbocycles. The Kier molecular flexibility index (Phi) is 4.30. The first-order chi connectivity index (χ1) is 12.2. The van der Waals surface area contributed by atoms with Gasteiger partial charge in [0.15, 0.2) is 11.5 Å². The smallest absolute Gasteiger partial charge is 0.291 e. The number of fused-ring (bicyclic) bond motifs is 1. The van der Waals surface area contributed by atoms with Gasteiger partial charge >= 0.3 is 0 Å². The molecule has 1 aliphatic heterocycles. The first-order valence-corrected chi connectivity index (χ1v) is 9.03. The molecule has 2 aromatic rings. The van der Waals surface area contributed by atoms with Crippen molar-refractivity contribution in [2.75, 3.05) is 23.3 Å². The van der Waals surface area contributed by atoms with Crippen LogP contribution in [-0.2, 0) is 6.42 Å². The number of hydrogen-bond acceptors (Lipinski definition) is 4. The summed E-state index contributed by atoms with van der Waals surface area (Å²) in [5.41, 5.74) is 2.49. The van der Waals surface area contributed by atoms with Crippen LogP contribution in [0, 0.1) is 0 Å². The first kappa shape index (κ1) is 15.9. The number of piperidine rings is 1. The zero-order valence-electron chi connectivity index (χ0n) is 14.2. The molecule has 25 heavy (non-hydrogen) atoms. The Bertz CT molecular complexity index is 786. The first-order valence-electron chi connectivity index (χ1n) is 9.03. The number of carbonyl (C=O) groups is 2. The molecule has 1 amide bonds. The Morgan fingerprint density at radius 2 is 1.76 bits per heavy atom. The molecule has 130 valence electrons. The molecule has 1 fully saturated rings. The molecule has 1 aromatic carbocycles. The van der Waals surface area contributed by atoms with Gasteiger partial charge in [0.25, 0.3) is 5.91 Å². The van der Waals surface area contributed by atoms with Crippen LogP contribution in [0.15, 0.2) is 34.7 Å². The molecule has 1 saturated heterocycles. The molecule has 2 aliphatic rings. The van der Waals surface area contributed by atoms with E-state index in [4.69, 9.17) is 4.42 Å². The zero-order valence-corrected chi connectivity index (χ0v) is 14.2. The molecule has 0 unspecified atom stereocenters. The summed E-state index contributed by atoms with van der Waals surface area (Å²) in [7, 11) is 0. The maximum absolute atomic E-state index is 12.4. The largest absolute Gasteiger partial charge is 0.455 e. The van der Waals surface area contributed by atoms with Crippen molar-refractivity contribution >= 4 is 23.1 Å². The fourth-order valence-electron chi connectivity index (χ4n) is 3.61. The topological polar surface area (TPSA) is 62.6 Å². The fraction of sp³-hybridized carbons (Fsp3) is 0.400. The van der Waals surface area contributed by atoms with E-state index < -0.39 is 0 Å². The van der Waals surface area contributed by atoms with Gasteiger partial charge in [-0.25, -0.2) is 0 Å². The summed E-state index contributed by atoms with van der Waals surface area (Å²) in [6.07, 6.45) is 5.82. The van der Waals surface area contributed by atoms with Crippen molar-refractivity contribution in [1.29, 1.82) is 0 Å². The van der Waals surface area contributed by atoms with Crippen LogP contribution >= 0.6 is 0 Å². The third-order valence-electron chi connectivity index (χ3n) is 4.99. The van der Waals surface area contributed by atoms with E-state index in [-0.39, 0.29) is 17.5 Å². The van der Waals surface area contributed by atoms with Crippen molar-refractivity contribution in [2.45, 2.75) is 38.5 Å². The van der Waals surface area contributed by atoms with Crippen LogP contribution in [0.2, 0.25) is 0 Å². The van der Waals surface area contributed by atoms with Crippen LogP contribution in [0.25, 0.3) is 0 Å². The lowest BCUT2D eigenvalue weighted by atomic mass is 9.97. The Morgan fingerprint density at radius 3 is 2.48 bits per heavy atom. The fourth-order valence-corrected chi connectivity index (χ4v) is 3.61. The Hall–Kier alpha value is -2.56. The quantitative estimate of drug-likeness (QED) is 0.917. The van der Waals surface area contributed by atoms with Gasteiger partial charge in [-0.1, -0.05) is 0 Å². The maximum Gasteiger partial charge on any atom is 0.291 e. The molecule has 1 aromatic heterocycles. The van der Waals surface area contributed by atoms with E-state index in [1.165, 1.54) is 24.9 Å². The van der Waals surface area contributed by atoms with Gasteiger partial charge in [-0.2, -0.15) is 0 Å². The number of nitrogens with zero attached hydrogens (tertiary/aromatic N) is 1. The van der Waals surface area contributed by atoms with Crippen molar-refractivity contribution in [2.24, 2.45) is 0 Å². The molecule has 0 spiro atoms. The SMILES string of the molecule is O=C(Nc1ccc(N2CCCCC2)cc1)c1cc2c(o1)CCCC2=O. The van der Waals surface area contributed by atoms with Crippen LogP contribution in [0.5, 0.6) is 0 Å². The summed E-state index contributed by atoms with van der Waals surface area (Å²) in [4.78, 5) is 26.6. The highest BCUT2D eigenvalue weighted by atomic mass is 16.4. The van der Waals surface area contributed by atoms with E-state index >= 15 is 0 Å².